The molecule has 20 heavy (non-hydrogen) atoms. The number of aryl methyl sites for hydroxylation is 1. The lowest BCUT2D eigenvalue weighted by molar-refractivity contribution is 0.143. The van der Waals surface area contributed by atoms with E-state index in [1.807, 2.05) is 24.3 Å². The van der Waals surface area contributed by atoms with Crippen molar-refractivity contribution in [2.24, 2.45) is 0 Å². The number of hydrogen-bond donors (Lipinski definition) is 0. The minimum atomic E-state index is -2.59. The van der Waals surface area contributed by atoms with Crippen LogP contribution < -0.4 is 0 Å². The van der Waals surface area contributed by atoms with E-state index >= 15 is 0 Å². The number of alkyl halides is 2. The van der Waals surface area contributed by atoms with Gasteiger partial charge in [0.05, 0.1) is 11.9 Å². The minimum absolute atomic E-state index is 0.144. The number of rotatable bonds is 3. The molecule has 0 aliphatic heterocycles. The molecule has 0 aliphatic rings. The molecule has 3 aromatic rings. The maximum Gasteiger partial charge on any atom is 0.280 e. The van der Waals surface area contributed by atoms with E-state index in [2.05, 4.69) is 17.0 Å². The first-order valence-corrected chi connectivity index (χ1v) is 6.41. The Morgan fingerprint density at radius 3 is 2.55 bits per heavy atom. The summed E-state index contributed by atoms with van der Waals surface area (Å²) in [5.74, 6) is 0. The van der Waals surface area contributed by atoms with Crippen LogP contribution in [-0.4, -0.2) is 14.6 Å². The lowest BCUT2D eigenvalue weighted by atomic mass is 10.1. The van der Waals surface area contributed by atoms with E-state index < -0.39 is 6.43 Å². The Balaban J connectivity index is 2.15. The summed E-state index contributed by atoms with van der Waals surface area (Å²) in [5, 5.41) is 3.88. The van der Waals surface area contributed by atoms with E-state index in [4.69, 9.17) is 0 Å². The zero-order chi connectivity index (χ0) is 14.1. The average Bonchev–Trinajstić information content (AvgIpc) is 2.94. The minimum Gasteiger partial charge on any atom is -0.229 e. The molecule has 2 aromatic heterocycles. The van der Waals surface area contributed by atoms with Crippen LogP contribution in [0.5, 0.6) is 0 Å². The Kier molecular flexibility index (Phi) is 3.18. The van der Waals surface area contributed by atoms with Crippen molar-refractivity contribution in [2.75, 3.05) is 0 Å². The van der Waals surface area contributed by atoms with Gasteiger partial charge in [0, 0.05) is 11.6 Å². The second-order valence-corrected chi connectivity index (χ2v) is 4.52. The van der Waals surface area contributed by atoms with Crippen LogP contribution in [0.1, 0.15) is 24.6 Å². The molecule has 0 saturated heterocycles. The first-order valence-electron chi connectivity index (χ1n) is 6.41. The van der Waals surface area contributed by atoms with Gasteiger partial charge in [0.15, 0.2) is 5.65 Å². The van der Waals surface area contributed by atoms with Gasteiger partial charge in [-0.3, -0.25) is 0 Å². The number of nitrogens with zero attached hydrogens (tertiary/aromatic N) is 3. The Bertz CT molecular complexity index is 732. The predicted molar refractivity (Wildman–Crippen MR) is 72.8 cm³/mol. The molecular weight excluding hydrogens is 260 g/mol. The van der Waals surface area contributed by atoms with Crippen LogP contribution in [0.25, 0.3) is 16.9 Å². The fraction of sp³-hybridized carbons (Fsp3) is 0.200. The van der Waals surface area contributed by atoms with Gasteiger partial charge in [0.1, 0.15) is 5.69 Å². The fourth-order valence-electron chi connectivity index (χ4n) is 2.15. The molecule has 0 N–H and O–H groups in total. The standard InChI is InChI=1S/C15H13F2N3/c1-2-10-3-5-11(6-4-10)12-9-13(15(16)17)20-14(19-12)7-8-18-20/h3-9,15H,2H2,1H3. The molecule has 0 fully saturated rings. The molecule has 0 bridgehead atoms. The Labute approximate surface area is 114 Å². The Hall–Kier alpha value is -2.30. The van der Waals surface area contributed by atoms with Gasteiger partial charge in [0.2, 0.25) is 0 Å². The highest BCUT2D eigenvalue weighted by atomic mass is 19.3. The van der Waals surface area contributed by atoms with Gasteiger partial charge in [-0.05, 0) is 18.1 Å². The molecule has 0 aliphatic carbocycles. The second kappa shape index (κ2) is 5.00. The van der Waals surface area contributed by atoms with Gasteiger partial charge >= 0.3 is 0 Å². The highest BCUT2D eigenvalue weighted by Gasteiger charge is 2.15. The SMILES string of the molecule is CCc1ccc(-c2cc(C(F)F)n3nccc3n2)cc1. The van der Waals surface area contributed by atoms with Crippen molar-refractivity contribution in [3.05, 3.63) is 53.9 Å². The smallest absolute Gasteiger partial charge is 0.229 e. The van der Waals surface area contributed by atoms with Crippen LogP contribution in [0.2, 0.25) is 0 Å². The van der Waals surface area contributed by atoms with E-state index in [1.54, 1.807) is 6.07 Å². The molecule has 5 heteroatoms. The molecule has 2 heterocycles. The topological polar surface area (TPSA) is 30.2 Å². The molecule has 0 radical (unpaired) electrons. The van der Waals surface area contributed by atoms with Gasteiger partial charge in [0.25, 0.3) is 6.43 Å². The van der Waals surface area contributed by atoms with Gasteiger partial charge in [-0.15, -0.1) is 0 Å². The summed E-state index contributed by atoms with van der Waals surface area (Å²) in [4.78, 5) is 4.37. The van der Waals surface area contributed by atoms with Gasteiger partial charge in [-0.2, -0.15) is 5.10 Å². The van der Waals surface area contributed by atoms with Crippen molar-refractivity contribution in [2.45, 2.75) is 19.8 Å². The number of benzene rings is 1. The van der Waals surface area contributed by atoms with Crippen molar-refractivity contribution < 1.29 is 8.78 Å². The molecule has 3 rings (SSSR count). The highest BCUT2D eigenvalue weighted by Crippen LogP contribution is 2.25. The van der Waals surface area contributed by atoms with Crippen LogP contribution in [0.4, 0.5) is 8.78 Å². The molecule has 3 nitrogen and oxygen atoms in total. The van der Waals surface area contributed by atoms with E-state index in [0.717, 1.165) is 12.0 Å². The summed E-state index contributed by atoms with van der Waals surface area (Å²) in [6, 6.07) is 10.8. The molecule has 102 valence electrons. The zero-order valence-electron chi connectivity index (χ0n) is 10.9. The van der Waals surface area contributed by atoms with E-state index in [0.29, 0.717) is 11.3 Å². The van der Waals surface area contributed by atoms with E-state index in [1.165, 1.54) is 22.3 Å². The quantitative estimate of drug-likeness (QED) is 0.724. The van der Waals surface area contributed by atoms with Gasteiger partial charge < -0.3 is 0 Å². The van der Waals surface area contributed by atoms with Crippen molar-refractivity contribution >= 4 is 5.65 Å². The van der Waals surface area contributed by atoms with Crippen LogP contribution in [-0.2, 0) is 6.42 Å². The first-order chi connectivity index (χ1) is 9.69. The summed E-state index contributed by atoms with van der Waals surface area (Å²) in [6.45, 7) is 2.07. The van der Waals surface area contributed by atoms with Crippen molar-refractivity contribution in [3.63, 3.8) is 0 Å². The second-order valence-electron chi connectivity index (χ2n) is 4.52. The van der Waals surface area contributed by atoms with Gasteiger partial charge in [-0.1, -0.05) is 31.2 Å². The molecule has 0 unspecified atom stereocenters. The summed E-state index contributed by atoms with van der Waals surface area (Å²) in [7, 11) is 0. The third-order valence-electron chi connectivity index (χ3n) is 3.27. The number of halogens is 2. The van der Waals surface area contributed by atoms with Crippen LogP contribution >= 0.6 is 0 Å². The fourth-order valence-corrected chi connectivity index (χ4v) is 2.15. The summed E-state index contributed by atoms with van der Waals surface area (Å²) < 4.78 is 27.4. The predicted octanol–water partition coefficient (Wildman–Crippen LogP) is 3.90. The van der Waals surface area contributed by atoms with Crippen molar-refractivity contribution in [1.29, 1.82) is 0 Å². The maximum absolute atomic E-state index is 13.1. The number of aromatic nitrogens is 3. The Morgan fingerprint density at radius 1 is 1.15 bits per heavy atom. The molecule has 1 aromatic carbocycles. The largest absolute Gasteiger partial charge is 0.280 e. The summed E-state index contributed by atoms with van der Waals surface area (Å²) in [6.07, 6.45) is -0.176. The molecular formula is C15H13F2N3. The van der Waals surface area contributed by atoms with Crippen molar-refractivity contribution in [3.8, 4) is 11.3 Å². The molecule has 0 saturated carbocycles. The molecule has 0 spiro atoms. The summed E-state index contributed by atoms with van der Waals surface area (Å²) in [5.41, 5.74) is 2.85. The third-order valence-corrected chi connectivity index (χ3v) is 3.27. The summed E-state index contributed by atoms with van der Waals surface area (Å²) >= 11 is 0. The van der Waals surface area contributed by atoms with Crippen LogP contribution in [0.15, 0.2) is 42.6 Å². The van der Waals surface area contributed by atoms with Crippen LogP contribution in [0.3, 0.4) is 0 Å². The van der Waals surface area contributed by atoms with Gasteiger partial charge in [-0.25, -0.2) is 18.3 Å². The zero-order valence-corrected chi connectivity index (χ0v) is 10.9. The third kappa shape index (κ3) is 2.15. The molecule has 0 amide bonds. The Morgan fingerprint density at radius 2 is 1.90 bits per heavy atom. The normalized spacial score (nSPS) is 11.4. The lowest BCUT2D eigenvalue weighted by Crippen LogP contribution is -2.02. The van der Waals surface area contributed by atoms with Crippen molar-refractivity contribution in [1.82, 2.24) is 14.6 Å². The molecule has 0 atom stereocenters. The first kappa shape index (κ1) is 12.7. The maximum atomic E-state index is 13.1. The monoisotopic (exact) mass is 273 g/mol. The van der Waals surface area contributed by atoms with E-state index in [9.17, 15) is 8.78 Å². The lowest BCUT2D eigenvalue weighted by Gasteiger charge is -2.08. The number of fused-ring (bicyclic) bond motifs is 1. The van der Waals surface area contributed by atoms with Crippen LogP contribution in [0, 0.1) is 0 Å². The van der Waals surface area contributed by atoms with E-state index in [-0.39, 0.29) is 5.69 Å². The highest BCUT2D eigenvalue weighted by molar-refractivity contribution is 5.62. The number of hydrogen-bond acceptors (Lipinski definition) is 2. The average molecular weight is 273 g/mol.